The number of anilines is 2. The molecular formula is C18H15FN2O2S. The van der Waals surface area contributed by atoms with Crippen molar-refractivity contribution in [3.05, 3.63) is 59.4 Å². The summed E-state index contributed by atoms with van der Waals surface area (Å²) in [6.45, 7) is 1.67. The Kier molecular flexibility index (Phi) is 3.22. The number of fused-ring (bicyclic) bond motifs is 2. The van der Waals surface area contributed by atoms with Crippen LogP contribution in [0.15, 0.2) is 42.5 Å². The normalized spacial score (nSPS) is 22.6. The Morgan fingerprint density at radius 3 is 2.67 bits per heavy atom. The van der Waals surface area contributed by atoms with Crippen LogP contribution in [0.25, 0.3) is 0 Å². The van der Waals surface area contributed by atoms with Crippen molar-refractivity contribution in [2.24, 2.45) is 0 Å². The highest BCUT2D eigenvalue weighted by Crippen LogP contribution is 2.55. The first-order chi connectivity index (χ1) is 11.5. The molecule has 1 atom stereocenters. The Labute approximate surface area is 143 Å². The van der Waals surface area contributed by atoms with Gasteiger partial charge in [0.1, 0.15) is 5.82 Å². The van der Waals surface area contributed by atoms with E-state index in [-0.39, 0.29) is 23.4 Å². The molecule has 2 aliphatic rings. The molecule has 0 aromatic heterocycles. The highest BCUT2D eigenvalue weighted by Gasteiger charge is 2.60. The number of amides is 2. The molecule has 1 spiro atoms. The summed E-state index contributed by atoms with van der Waals surface area (Å²) < 4.78 is 14.1. The summed E-state index contributed by atoms with van der Waals surface area (Å²) in [5.41, 5.74) is 2.46. The third-order valence-electron chi connectivity index (χ3n) is 4.61. The van der Waals surface area contributed by atoms with Gasteiger partial charge in [0.15, 0.2) is 0 Å². The van der Waals surface area contributed by atoms with Gasteiger partial charge in [-0.3, -0.25) is 14.5 Å². The third-order valence-corrected chi connectivity index (χ3v) is 5.99. The number of para-hydroxylation sites is 1. The second-order valence-electron chi connectivity index (χ2n) is 5.98. The predicted molar refractivity (Wildman–Crippen MR) is 92.6 cm³/mol. The topological polar surface area (TPSA) is 40.6 Å². The summed E-state index contributed by atoms with van der Waals surface area (Å²) in [7, 11) is 1.70. The minimum absolute atomic E-state index is 0.180. The van der Waals surface area contributed by atoms with Gasteiger partial charge in [0, 0.05) is 18.3 Å². The summed E-state index contributed by atoms with van der Waals surface area (Å²) in [4.78, 5) is 27.6. The second-order valence-corrected chi connectivity index (χ2v) is 7.14. The van der Waals surface area contributed by atoms with Crippen molar-refractivity contribution in [3.63, 3.8) is 0 Å². The Morgan fingerprint density at radius 2 is 1.92 bits per heavy atom. The predicted octanol–water partition coefficient (Wildman–Crippen LogP) is 3.04. The van der Waals surface area contributed by atoms with E-state index in [2.05, 4.69) is 0 Å². The number of likely N-dealkylation sites (N-methyl/N-ethyl adjacent to an activating group) is 1. The van der Waals surface area contributed by atoms with Gasteiger partial charge in [-0.15, -0.1) is 11.8 Å². The van der Waals surface area contributed by atoms with Crippen LogP contribution in [0, 0.1) is 12.7 Å². The SMILES string of the molecule is Cc1ccc(N2C(=O)CSC23C(=O)N(C)c2ccccc23)cc1F. The number of carbonyl (C=O) groups excluding carboxylic acids is 2. The Hall–Kier alpha value is -2.34. The van der Waals surface area contributed by atoms with Gasteiger partial charge in [-0.05, 0) is 30.7 Å². The molecule has 0 aliphatic carbocycles. The lowest BCUT2D eigenvalue weighted by atomic mass is 10.0. The van der Waals surface area contributed by atoms with Crippen LogP contribution in [0.2, 0.25) is 0 Å². The smallest absolute Gasteiger partial charge is 0.268 e. The molecule has 4 rings (SSSR count). The van der Waals surface area contributed by atoms with Crippen LogP contribution < -0.4 is 9.80 Å². The van der Waals surface area contributed by atoms with Crippen LogP contribution in [-0.4, -0.2) is 24.6 Å². The van der Waals surface area contributed by atoms with E-state index in [0.29, 0.717) is 11.3 Å². The highest BCUT2D eigenvalue weighted by molar-refractivity contribution is 8.02. The molecular weight excluding hydrogens is 327 g/mol. The monoisotopic (exact) mass is 342 g/mol. The van der Waals surface area contributed by atoms with Crippen LogP contribution in [0.5, 0.6) is 0 Å². The van der Waals surface area contributed by atoms with Gasteiger partial charge in [-0.1, -0.05) is 24.3 Å². The molecule has 1 saturated heterocycles. The molecule has 6 heteroatoms. The molecule has 2 aliphatic heterocycles. The molecule has 2 aromatic carbocycles. The lowest BCUT2D eigenvalue weighted by molar-refractivity contribution is -0.123. The summed E-state index contributed by atoms with van der Waals surface area (Å²) in [6.07, 6.45) is 0. The molecule has 122 valence electrons. The van der Waals surface area contributed by atoms with Gasteiger partial charge in [0.25, 0.3) is 5.91 Å². The van der Waals surface area contributed by atoms with Crippen molar-refractivity contribution in [2.45, 2.75) is 11.8 Å². The fourth-order valence-electron chi connectivity index (χ4n) is 3.38. The first kappa shape index (κ1) is 15.2. The van der Waals surface area contributed by atoms with Gasteiger partial charge < -0.3 is 4.90 Å². The molecule has 2 aromatic rings. The average Bonchev–Trinajstić information content (AvgIpc) is 3.03. The zero-order valence-corrected chi connectivity index (χ0v) is 14.1. The Morgan fingerprint density at radius 1 is 1.17 bits per heavy atom. The van der Waals surface area contributed by atoms with E-state index in [1.165, 1.54) is 22.7 Å². The lowest BCUT2D eigenvalue weighted by Gasteiger charge is -2.33. The maximum absolute atomic E-state index is 14.1. The number of aryl methyl sites for hydroxylation is 1. The maximum Gasteiger partial charge on any atom is 0.268 e. The lowest BCUT2D eigenvalue weighted by Crippen LogP contribution is -2.49. The van der Waals surface area contributed by atoms with E-state index in [4.69, 9.17) is 0 Å². The van der Waals surface area contributed by atoms with Gasteiger partial charge in [-0.25, -0.2) is 4.39 Å². The highest BCUT2D eigenvalue weighted by atomic mass is 32.2. The van der Waals surface area contributed by atoms with E-state index < -0.39 is 4.87 Å². The molecule has 0 N–H and O–H groups in total. The number of thioether (sulfide) groups is 1. The number of rotatable bonds is 1. The fourth-order valence-corrected chi connectivity index (χ4v) is 4.76. The van der Waals surface area contributed by atoms with Crippen molar-refractivity contribution < 1.29 is 14.0 Å². The molecule has 0 bridgehead atoms. The van der Waals surface area contributed by atoms with Crippen molar-refractivity contribution in [1.82, 2.24) is 0 Å². The maximum atomic E-state index is 14.1. The molecule has 24 heavy (non-hydrogen) atoms. The van der Waals surface area contributed by atoms with Gasteiger partial charge in [0.2, 0.25) is 10.8 Å². The minimum Gasteiger partial charge on any atom is -0.312 e. The first-order valence-electron chi connectivity index (χ1n) is 7.57. The third kappa shape index (κ3) is 1.80. The Bertz CT molecular complexity index is 885. The van der Waals surface area contributed by atoms with Crippen molar-refractivity contribution in [1.29, 1.82) is 0 Å². The minimum atomic E-state index is -1.15. The summed E-state index contributed by atoms with van der Waals surface area (Å²) in [5, 5.41) is 0. The van der Waals surface area contributed by atoms with Crippen LogP contribution in [0.4, 0.5) is 15.8 Å². The standard InChI is InChI=1S/C18H15FN2O2S/c1-11-7-8-12(9-14(11)19)21-16(22)10-24-18(21)13-5-3-4-6-15(13)20(2)17(18)23/h3-9H,10H2,1-2H3. The number of halogens is 1. The van der Waals surface area contributed by atoms with Crippen molar-refractivity contribution in [2.75, 3.05) is 22.6 Å². The molecule has 0 radical (unpaired) electrons. The zero-order valence-electron chi connectivity index (χ0n) is 13.2. The Balaban J connectivity index is 1.95. The van der Waals surface area contributed by atoms with Crippen molar-refractivity contribution in [3.8, 4) is 0 Å². The van der Waals surface area contributed by atoms with Crippen LogP contribution >= 0.6 is 11.8 Å². The number of nitrogens with zero attached hydrogens (tertiary/aromatic N) is 2. The summed E-state index contributed by atoms with van der Waals surface area (Å²) in [5.74, 6) is -0.578. The average molecular weight is 342 g/mol. The number of hydrogen-bond donors (Lipinski definition) is 0. The van der Waals surface area contributed by atoms with Gasteiger partial charge in [0.05, 0.1) is 11.4 Å². The van der Waals surface area contributed by atoms with E-state index in [1.807, 2.05) is 24.3 Å². The van der Waals surface area contributed by atoms with E-state index in [1.54, 1.807) is 31.0 Å². The zero-order chi connectivity index (χ0) is 17.1. The quantitative estimate of drug-likeness (QED) is 0.800. The van der Waals surface area contributed by atoms with E-state index >= 15 is 0 Å². The molecule has 4 nitrogen and oxygen atoms in total. The van der Waals surface area contributed by atoms with E-state index in [0.717, 1.165) is 11.3 Å². The molecule has 0 saturated carbocycles. The summed E-state index contributed by atoms with van der Waals surface area (Å²) in [6, 6.07) is 12.1. The van der Waals surface area contributed by atoms with Crippen LogP contribution in [0.3, 0.4) is 0 Å². The first-order valence-corrected chi connectivity index (χ1v) is 8.56. The van der Waals surface area contributed by atoms with Crippen LogP contribution in [-0.2, 0) is 14.5 Å². The number of carbonyl (C=O) groups is 2. The molecule has 2 heterocycles. The fraction of sp³-hybridized carbons (Fsp3) is 0.222. The second kappa shape index (κ2) is 5.08. The number of hydrogen-bond acceptors (Lipinski definition) is 3. The van der Waals surface area contributed by atoms with Gasteiger partial charge in [-0.2, -0.15) is 0 Å². The number of benzene rings is 2. The van der Waals surface area contributed by atoms with E-state index in [9.17, 15) is 14.0 Å². The molecule has 1 fully saturated rings. The molecule has 2 amide bonds. The molecule has 1 unspecified atom stereocenters. The van der Waals surface area contributed by atoms with Crippen LogP contribution in [0.1, 0.15) is 11.1 Å². The summed E-state index contributed by atoms with van der Waals surface area (Å²) >= 11 is 1.29. The largest absolute Gasteiger partial charge is 0.312 e. The van der Waals surface area contributed by atoms with Crippen molar-refractivity contribution >= 4 is 35.0 Å². The van der Waals surface area contributed by atoms with Gasteiger partial charge >= 0.3 is 0 Å².